The molecule has 0 atom stereocenters. The molecule has 0 spiro atoms. The van der Waals surface area contributed by atoms with Crippen molar-refractivity contribution >= 4 is 21.6 Å². The van der Waals surface area contributed by atoms with Crippen LogP contribution in [-0.4, -0.2) is 46.7 Å². The lowest BCUT2D eigenvalue weighted by Crippen LogP contribution is -2.27. The monoisotopic (exact) mass is 378 g/mol. The molecule has 1 N–H and O–H groups in total. The molecular weight excluding hydrogens is 360 g/mol. The van der Waals surface area contributed by atoms with Crippen LogP contribution < -0.4 is 18.9 Å². The van der Waals surface area contributed by atoms with Gasteiger partial charge in [0.25, 0.3) is 15.9 Å². The number of hydrogen-bond acceptors (Lipinski definition) is 6. The van der Waals surface area contributed by atoms with Gasteiger partial charge in [0.05, 0.1) is 10.6 Å². The summed E-state index contributed by atoms with van der Waals surface area (Å²) in [5.74, 6) is 1.27. The molecule has 0 saturated carbocycles. The summed E-state index contributed by atoms with van der Waals surface area (Å²) in [6.45, 7) is -0.00212. The molecule has 1 amide bonds. The van der Waals surface area contributed by atoms with E-state index in [0.717, 1.165) is 0 Å². The number of ether oxygens (including phenoxy) is 3. The fourth-order valence-corrected chi connectivity index (χ4v) is 3.21. The summed E-state index contributed by atoms with van der Waals surface area (Å²) in [4.78, 5) is 13.0. The number of carbonyl (C=O) groups is 1. The lowest BCUT2D eigenvalue weighted by molar-refractivity contribution is -0.130. The van der Waals surface area contributed by atoms with Gasteiger partial charge in [0.15, 0.2) is 18.1 Å². The standard InChI is InChI=1S/C17H18N2O6S/c1-19(2)17(20)10-23-13-4-6-14(7-5-13)26(21,22)18-12-3-8-15-16(9-12)25-11-24-15/h3-9,18H,10-11H2,1-2H3. The van der Waals surface area contributed by atoms with E-state index in [1.54, 1.807) is 32.3 Å². The average Bonchev–Trinajstić information content (AvgIpc) is 3.07. The van der Waals surface area contributed by atoms with E-state index < -0.39 is 10.0 Å². The van der Waals surface area contributed by atoms with E-state index in [0.29, 0.717) is 22.9 Å². The Kier molecular flexibility index (Phi) is 4.90. The number of sulfonamides is 1. The molecule has 0 aromatic heterocycles. The Hall–Kier alpha value is -2.94. The minimum atomic E-state index is -3.77. The van der Waals surface area contributed by atoms with Gasteiger partial charge in [0.2, 0.25) is 6.79 Å². The second kappa shape index (κ2) is 7.12. The van der Waals surface area contributed by atoms with Crippen LogP contribution >= 0.6 is 0 Å². The number of rotatable bonds is 6. The zero-order valence-corrected chi connectivity index (χ0v) is 15.1. The maximum atomic E-state index is 12.5. The van der Waals surface area contributed by atoms with Crippen molar-refractivity contribution in [2.75, 3.05) is 32.2 Å². The first-order valence-corrected chi connectivity index (χ1v) is 9.19. The fraction of sp³-hybridized carbons (Fsp3) is 0.235. The van der Waals surface area contributed by atoms with E-state index >= 15 is 0 Å². The molecule has 0 unspecified atom stereocenters. The largest absolute Gasteiger partial charge is 0.484 e. The number of anilines is 1. The average molecular weight is 378 g/mol. The van der Waals surface area contributed by atoms with Crippen molar-refractivity contribution in [1.82, 2.24) is 4.90 Å². The van der Waals surface area contributed by atoms with Crippen LogP contribution in [0.4, 0.5) is 5.69 Å². The zero-order chi connectivity index (χ0) is 18.7. The van der Waals surface area contributed by atoms with E-state index in [2.05, 4.69) is 4.72 Å². The number of nitrogens with zero attached hydrogens (tertiary/aromatic N) is 1. The fourth-order valence-electron chi connectivity index (χ4n) is 2.16. The highest BCUT2D eigenvalue weighted by molar-refractivity contribution is 7.92. The molecule has 1 aliphatic rings. The highest BCUT2D eigenvalue weighted by atomic mass is 32.2. The second-order valence-corrected chi connectivity index (χ2v) is 7.40. The molecule has 138 valence electrons. The Morgan fingerprint density at radius 2 is 1.81 bits per heavy atom. The van der Waals surface area contributed by atoms with Crippen LogP contribution in [0, 0.1) is 0 Å². The summed E-state index contributed by atoms with van der Waals surface area (Å²) < 4.78 is 43.2. The van der Waals surface area contributed by atoms with Gasteiger partial charge in [-0.25, -0.2) is 8.42 Å². The van der Waals surface area contributed by atoms with Gasteiger partial charge in [-0.2, -0.15) is 0 Å². The maximum absolute atomic E-state index is 12.5. The molecule has 0 saturated heterocycles. The Bertz CT molecular complexity index is 909. The summed E-state index contributed by atoms with van der Waals surface area (Å²) in [5, 5.41) is 0. The predicted molar refractivity (Wildman–Crippen MR) is 94.0 cm³/mol. The molecule has 3 rings (SSSR count). The maximum Gasteiger partial charge on any atom is 0.261 e. The molecule has 9 heteroatoms. The van der Waals surface area contributed by atoms with Crippen LogP contribution in [0.15, 0.2) is 47.4 Å². The van der Waals surface area contributed by atoms with Gasteiger partial charge >= 0.3 is 0 Å². The predicted octanol–water partition coefficient (Wildman–Crippen LogP) is 1.68. The van der Waals surface area contributed by atoms with Gasteiger partial charge in [0.1, 0.15) is 5.75 Å². The summed E-state index contributed by atoms with van der Waals surface area (Å²) in [7, 11) is -0.513. The van der Waals surface area contributed by atoms with Crippen molar-refractivity contribution in [2.24, 2.45) is 0 Å². The molecule has 2 aromatic carbocycles. The van der Waals surface area contributed by atoms with Crippen LogP contribution in [0.3, 0.4) is 0 Å². The SMILES string of the molecule is CN(C)C(=O)COc1ccc(S(=O)(=O)Nc2ccc3c(c2)OCO3)cc1. The molecule has 1 heterocycles. The molecule has 2 aromatic rings. The second-order valence-electron chi connectivity index (χ2n) is 5.72. The number of fused-ring (bicyclic) bond motifs is 1. The topological polar surface area (TPSA) is 94.2 Å². The van der Waals surface area contributed by atoms with E-state index in [-0.39, 0.29) is 24.2 Å². The van der Waals surface area contributed by atoms with Gasteiger partial charge in [-0.3, -0.25) is 9.52 Å². The first-order chi connectivity index (χ1) is 12.3. The minimum Gasteiger partial charge on any atom is -0.484 e. The molecule has 8 nitrogen and oxygen atoms in total. The Morgan fingerprint density at radius 1 is 1.12 bits per heavy atom. The third-order valence-electron chi connectivity index (χ3n) is 3.62. The lowest BCUT2D eigenvalue weighted by Gasteiger charge is -2.12. The first-order valence-electron chi connectivity index (χ1n) is 7.71. The van der Waals surface area contributed by atoms with Crippen molar-refractivity contribution in [3.63, 3.8) is 0 Å². The highest BCUT2D eigenvalue weighted by Crippen LogP contribution is 2.34. The molecule has 0 fully saturated rings. The van der Waals surface area contributed by atoms with E-state index in [9.17, 15) is 13.2 Å². The first kappa shape index (κ1) is 17.9. The van der Waals surface area contributed by atoms with Gasteiger partial charge in [-0.15, -0.1) is 0 Å². The van der Waals surface area contributed by atoms with E-state index in [4.69, 9.17) is 14.2 Å². The van der Waals surface area contributed by atoms with Crippen molar-refractivity contribution in [3.8, 4) is 17.2 Å². The third-order valence-corrected chi connectivity index (χ3v) is 5.02. The molecule has 26 heavy (non-hydrogen) atoms. The number of likely N-dealkylation sites (N-methyl/N-ethyl adjacent to an activating group) is 1. The number of carbonyl (C=O) groups excluding carboxylic acids is 1. The van der Waals surface area contributed by atoms with Gasteiger partial charge in [-0.1, -0.05) is 0 Å². The quantitative estimate of drug-likeness (QED) is 0.822. The summed E-state index contributed by atoms with van der Waals surface area (Å²) >= 11 is 0. The molecule has 0 radical (unpaired) electrons. The van der Waals surface area contributed by atoms with Crippen molar-refractivity contribution in [2.45, 2.75) is 4.90 Å². The van der Waals surface area contributed by atoms with Crippen LogP contribution in [0.1, 0.15) is 0 Å². The van der Waals surface area contributed by atoms with Crippen LogP contribution in [0.2, 0.25) is 0 Å². The number of nitrogens with one attached hydrogen (secondary N) is 1. The van der Waals surface area contributed by atoms with Gasteiger partial charge in [0, 0.05) is 20.2 Å². The Morgan fingerprint density at radius 3 is 2.50 bits per heavy atom. The molecule has 0 aliphatic carbocycles. The van der Waals surface area contributed by atoms with Crippen LogP contribution in [0.5, 0.6) is 17.2 Å². The van der Waals surface area contributed by atoms with Crippen molar-refractivity contribution in [3.05, 3.63) is 42.5 Å². The highest BCUT2D eigenvalue weighted by Gasteiger charge is 2.18. The smallest absolute Gasteiger partial charge is 0.261 e. The lowest BCUT2D eigenvalue weighted by atomic mass is 10.3. The normalized spacial score (nSPS) is 12.5. The van der Waals surface area contributed by atoms with Gasteiger partial charge < -0.3 is 19.1 Å². The number of benzene rings is 2. The van der Waals surface area contributed by atoms with Crippen molar-refractivity contribution < 1.29 is 27.4 Å². The summed E-state index contributed by atoms with van der Waals surface area (Å²) in [6, 6.07) is 10.6. The number of amides is 1. The third kappa shape index (κ3) is 3.99. The summed E-state index contributed by atoms with van der Waals surface area (Å²) in [5.41, 5.74) is 0.367. The number of hydrogen-bond donors (Lipinski definition) is 1. The van der Waals surface area contributed by atoms with E-state index in [1.165, 1.54) is 29.2 Å². The molecule has 1 aliphatic heterocycles. The Balaban J connectivity index is 1.68. The molecule has 0 bridgehead atoms. The zero-order valence-electron chi connectivity index (χ0n) is 14.3. The minimum absolute atomic E-state index is 0.0708. The molecular formula is C17H18N2O6S. The Labute approximate surface area is 151 Å². The summed E-state index contributed by atoms with van der Waals surface area (Å²) in [6.07, 6.45) is 0. The van der Waals surface area contributed by atoms with Gasteiger partial charge in [-0.05, 0) is 36.4 Å². The van der Waals surface area contributed by atoms with Crippen LogP contribution in [-0.2, 0) is 14.8 Å². The van der Waals surface area contributed by atoms with Crippen molar-refractivity contribution in [1.29, 1.82) is 0 Å². The van der Waals surface area contributed by atoms with Crippen LogP contribution in [0.25, 0.3) is 0 Å². The van der Waals surface area contributed by atoms with E-state index in [1.807, 2.05) is 0 Å².